The Hall–Kier alpha value is -3.49. The van der Waals surface area contributed by atoms with Gasteiger partial charge in [-0.25, -0.2) is 0 Å². The Morgan fingerprint density at radius 3 is 2.79 bits per heavy atom. The Morgan fingerprint density at radius 1 is 1.18 bits per heavy atom. The molecule has 0 spiro atoms. The number of nitrogens with two attached hydrogens (primary N) is 1. The number of nitrogens with one attached hydrogen (secondary N) is 2. The third-order valence-corrected chi connectivity index (χ3v) is 5.97. The molecule has 4 rings (SSSR count). The van der Waals surface area contributed by atoms with Gasteiger partial charge < -0.3 is 20.9 Å². The van der Waals surface area contributed by atoms with Crippen LogP contribution in [0.1, 0.15) is 50.5 Å². The van der Waals surface area contributed by atoms with E-state index in [0.717, 1.165) is 17.5 Å². The molecule has 0 unspecified atom stereocenters. The summed E-state index contributed by atoms with van der Waals surface area (Å²) < 4.78 is 0. The van der Waals surface area contributed by atoms with Crippen LogP contribution < -0.4 is 11.1 Å². The molecule has 4 N–H and O–H groups in total. The van der Waals surface area contributed by atoms with Gasteiger partial charge in [-0.3, -0.25) is 19.4 Å². The molecule has 2 aromatic heterocycles. The van der Waals surface area contributed by atoms with E-state index < -0.39 is 6.04 Å². The zero-order valence-electron chi connectivity index (χ0n) is 17.9. The minimum atomic E-state index is -0.587. The predicted molar refractivity (Wildman–Crippen MR) is 124 cm³/mol. The molecule has 1 aliphatic rings. The summed E-state index contributed by atoms with van der Waals surface area (Å²) in [7, 11) is 0. The Balaban J connectivity index is 1.43. The number of pyridine rings is 1. The van der Waals surface area contributed by atoms with E-state index in [1.165, 1.54) is 17.2 Å². The molecule has 1 fully saturated rings. The monoisotopic (exact) mass is 465 g/mol. The van der Waals surface area contributed by atoms with Gasteiger partial charge in [0.05, 0.1) is 0 Å². The third kappa shape index (κ3) is 4.97. The molecule has 1 saturated heterocycles. The van der Waals surface area contributed by atoms with Crippen molar-refractivity contribution in [1.29, 1.82) is 0 Å². The second-order valence-corrected chi connectivity index (χ2v) is 8.27. The van der Waals surface area contributed by atoms with Gasteiger partial charge in [0.15, 0.2) is 0 Å². The van der Waals surface area contributed by atoms with Crippen LogP contribution in [0.25, 0.3) is 0 Å². The zero-order chi connectivity index (χ0) is 23.4. The summed E-state index contributed by atoms with van der Waals surface area (Å²) in [5.41, 5.74) is 8.41. The van der Waals surface area contributed by atoms with Crippen molar-refractivity contribution in [2.24, 2.45) is 5.73 Å². The maximum Gasteiger partial charge on any atom is 0.270 e. The summed E-state index contributed by atoms with van der Waals surface area (Å²) in [5, 5.41) is 3.47. The van der Waals surface area contributed by atoms with Crippen LogP contribution in [-0.4, -0.2) is 45.1 Å². The topological polar surface area (TPSA) is 121 Å². The van der Waals surface area contributed by atoms with Gasteiger partial charge in [-0.15, -0.1) is 0 Å². The molecule has 170 valence electrons. The van der Waals surface area contributed by atoms with Crippen LogP contribution >= 0.6 is 11.6 Å². The molecular weight excluding hydrogens is 442 g/mol. The summed E-state index contributed by atoms with van der Waals surface area (Å²) in [6.07, 6.45) is 4.31. The minimum Gasteiger partial charge on any atom is -0.356 e. The first-order chi connectivity index (χ1) is 16.0. The van der Waals surface area contributed by atoms with Gasteiger partial charge in [0.1, 0.15) is 17.4 Å². The summed E-state index contributed by atoms with van der Waals surface area (Å²) in [6, 6.07) is 11.4. The van der Waals surface area contributed by atoms with Crippen molar-refractivity contribution in [3.8, 4) is 0 Å². The maximum atomic E-state index is 13.1. The lowest BCUT2D eigenvalue weighted by atomic mass is 10.1. The molecule has 1 atom stereocenters. The van der Waals surface area contributed by atoms with Gasteiger partial charge in [-0.05, 0) is 54.3 Å². The Bertz CT molecular complexity index is 1180. The van der Waals surface area contributed by atoms with Crippen molar-refractivity contribution in [1.82, 2.24) is 20.2 Å². The number of rotatable bonds is 7. The van der Waals surface area contributed by atoms with Crippen LogP contribution in [0.15, 0.2) is 54.9 Å². The maximum absolute atomic E-state index is 13.1. The van der Waals surface area contributed by atoms with Crippen molar-refractivity contribution in [2.75, 3.05) is 6.54 Å². The van der Waals surface area contributed by atoms with Gasteiger partial charge in [0.2, 0.25) is 11.7 Å². The SMILES string of the molecule is NCc1ccc(Cl)cc1CNC(=O)[C@@H]1CCCN1C(=O)c1cc(C(=O)c2ccccn2)c[nH]1. The number of ketones is 1. The second kappa shape index (κ2) is 9.97. The fourth-order valence-corrected chi connectivity index (χ4v) is 4.18. The smallest absolute Gasteiger partial charge is 0.270 e. The number of carbonyl (C=O) groups is 3. The van der Waals surface area contributed by atoms with Gasteiger partial charge >= 0.3 is 0 Å². The highest BCUT2D eigenvalue weighted by Crippen LogP contribution is 2.22. The van der Waals surface area contributed by atoms with Crippen LogP contribution in [0.3, 0.4) is 0 Å². The van der Waals surface area contributed by atoms with E-state index in [2.05, 4.69) is 15.3 Å². The van der Waals surface area contributed by atoms with Gasteiger partial charge in [-0.1, -0.05) is 23.7 Å². The largest absolute Gasteiger partial charge is 0.356 e. The number of benzene rings is 1. The Morgan fingerprint density at radius 2 is 2.03 bits per heavy atom. The zero-order valence-corrected chi connectivity index (χ0v) is 18.6. The van der Waals surface area contributed by atoms with E-state index in [-0.39, 0.29) is 29.8 Å². The fourth-order valence-electron chi connectivity index (χ4n) is 3.99. The average Bonchev–Trinajstić information content (AvgIpc) is 3.53. The number of hydrogen-bond donors (Lipinski definition) is 3. The molecule has 0 saturated carbocycles. The first kappa shape index (κ1) is 22.7. The summed E-state index contributed by atoms with van der Waals surface area (Å²) in [5.74, 6) is -0.836. The highest BCUT2D eigenvalue weighted by atomic mass is 35.5. The second-order valence-electron chi connectivity index (χ2n) is 7.84. The van der Waals surface area contributed by atoms with Crippen LogP contribution in [-0.2, 0) is 17.9 Å². The molecule has 0 aliphatic carbocycles. The number of aromatic amines is 1. The lowest BCUT2D eigenvalue weighted by Crippen LogP contribution is -2.45. The molecule has 0 bridgehead atoms. The van der Waals surface area contributed by atoms with Crippen LogP contribution in [0, 0.1) is 0 Å². The van der Waals surface area contributed by atoms with E-state index in [4.69, 9.17) is 17.3 Å². The van der Waals surface area contributed by atoms with Crippen LogP contribution in [0.4, 0.5) is 0 Å². The molecule has 9 heteroatoms. The number of hydrogen-bond acceptors (Lipinski definition) is 5. The number of aromatic nitrogens is 2. The molecule has 0 radical (unpaired) electrons. The van der Waals surface area contributed by atoms with E-state index >= 15 is 0 Å². The standard InChI is InChI=1S/C24H24ClN5O3/c25-18-7-6-15(12-26)16(10-18)13-29-23(32)21-5-3-9-30(21)24(33)20-11-17(14-28-20)22(31)19-4-1-2-8-27-19/h1-2,4,6-8,10-11,14,21,28H,3,5,9,12-13,26H2,(H,29,32)/t21-/m0/s1. The lowest BCUT2D eigenvalue weighted by molar-refractivity contribution is -0.125. The highest BCUT2D eigenvalue weighted by Gasteiger charge is 2.35. The van der Waals surface area contributed by atoms with Crippen molar-refractivity contribution < 1.29 is 14.4 Å². The van der Waals surface area contributed by atoms with E-state index in [9.17, 15) is 14.4 Å². The normalized spacial score (nSPS) is 15.5. The summed E-state index contributed by atoms with van der Waals surface area (Å²) in [4.78, 5) is 47.1. The number of H-pyrrole nitrogens is 1. The van der Waals surface area contributed by atoms with Crippen molar-refractivity contribution in [3.63, 3.8) is 0 Å². The first-order valence-electron chi connectivity index (χ1n) is 10.7. The molecule has 1 aromatic carbocycles. The van der Waals surface area contributed by atoms with Crippen LogP contribution in [0.2, 0.25) is 5.02 Å². The summed E-state index contributed by atoms with van der Waals surface area (Å²) in [6.45, 7) is 1.07. The molecular formula is C24H24ClN5O3. The predicted octanol–water partition coefficient (Wildman–Crippen LogP) is 2.67. The molecule has 8 nitrogen and oxygen atoms in total. The van der Waals surface area contributed by atoms with E-state index in [1.54, 1.807) is 36.5 Å². The van der Waals surface area contributed by atoms with E-state index in [1.807, 2.05) is 6.07 Å². The van der Waals surface area contributed by atoms with Crippen molar-refractivity contribution in [3.05, 3.63) is 88.0 Å². The van der Waals surface area contributed by atoms with Crippen molar-refractivity contribution in [2.45, 2.75) is 32.0 Å². The average molecular weight is 466 g/mol. The number of likely N-dealkylation sites (tertiary alicyclic amines) is 1. The first-order valence-corrected chi connectivity index (χ1v) is 11.1. The quantitative estimate of drug-likeness (QED) is 0.463. The molecule has 1 aliphatic heterocycles. The fraction of sp³-hybridized carbons (Fsp3) is 0.250. The molecule has 33 heavy (non-hydrogen) atoms. The number of halogens is 1. The van der Waals surface area contributed by atoms with Gasteiger partial charge in [0, 0.05) is 42.6 Å². The van der Waals surface area contributed by atoms with E-state index in [0.29, 0.717) is 35.8 Å². The Labute approximate surface area is 196 Å². The molecule has 2 amide bonds. The van der Waals surface area contributed by atoms with Crippen LogP contribution in [0.5, 0.6) is 0 Å². The summed E-state index contributed by atoms with van der Waals surface area (Å²) >= 11 is 6.07. The third-order valence-electron chi connectivity index (χ3n) is 5.73. The number of carbonyl (C=O) groups excluding carboxylic acids is 3. The Kier molecular flexibility index (Phi) is 6.86. The van der Waals surface area contributed by atoms with Crippen molar-refractivity contribution >= 4 is 29.2 Å². The highest BCUT2D eigenvalue weighted by molar-refractivity contribution is 6.30. The van der Waals surface area contributed by atoms with Gasteiger partial charge in [-0.2, -0.15) is 0 Å². The number of amides is 2. The molecule has 3 heterocycles. The molecule has 3 aromatic rings. The van der Waals surface area contributed by atoms with Gasteiger partial charge in [0.25, 0.3) is 5.91 Å². The lowest BCUT2D eigenvalue weighted by Gasteiger charge is -2.23. The number of nitrogens with zero attached hydrogens (tertiary/aromatic N) is 2. The minimum absolute atomic E-state index is 0.236.